The van der Waals surface area contributed by atoms with Gasteiger partial charge in [0.1, 0.15) is 12.9 Å². The lowest BCUT2D eigenvalue weighted by atomic mass is 9.45. The van der Waals surface area contributed by atoms with Crippen LogP contribution in [0, 0.1) is 34.5 Å². The molecule has 0 aromatic carbocycles. The highest BCUT2D eigenvalue weighted by molar-refractivity contribution is 5.91. The number of hydrogen-bond acceptors (Lipinski definition) is 7. The van der Waals surface area contributed by atoms with Gasteiger partial charge in [0.25, 0.3) is 11.9 Å². The standard InChI is InChI=1S/C21H28O5.2C2H4O2/c1-20-7-6-13(24)8-12(20)2-3-14-15-4-5-16(18(26)10-22)21(15,11-23)9-17(25)19(14)20;2*1-2(3)4/h8,11,14-17,19,22,25H,2-7,9-10H2,1H3;2*1H3,(H,3,4)/t14-,15-,16+,17-,19+,20-,21+;;/m0../s1. The van der Waals surface area contributed by atoms with Gasteiger partial charge in [-0.1, -0.05) is 12.5 Å². The summed E-state index contributed by atoms with van der Waals surface area (Å²) < 4.78 is 0. The van der Waals surface area contributed by atoms with Gasteiger partial charge in [0.05, 0.1) is 6.10 Å². The molecule has 3 fully saturated rings. The molecular formula is C25H36O9. The number of allylic oxidation sites excluding steroid dienone is 1. The molecule has 0 saturated heterocycles. The van der Waals surface area contributed by atoms with Crippen molar-refractivity contribution in [2.75, 3.05) is 6.61 Å². The largest absolute Gasteiger partial charge is 0.481 e. The SMILES string of the molecule is CC(=O)O.CC(=O)O.C[C@]12CCC(=O)C=C1CC[C@@H]1[C@@H]2[C@@H](O)C[C@]2(C=O)[C@@H](C(=O)CO)CC[C@@H]12. The summed E-state index contributed by atoms with van der Waals surface area (Å²) in [6.45, 7) is 3.80. The Hall–Kier alpha value is -2.39. The van der Waals surface area contributed by atoms with E-state index in [4.69, 9.17) is 19.8 Å². The van der Waals surface area contributed by atoms with Crippen molar-refractivity contribution in [1.82, 2.24) is 0 Å². The average molecular weight is 481 g/mol. The van der Waals surface area contributed by atoms with E-state index in [-0.39, 0.29) is 34.7 Å². The zero-order valence-corrected chi connectivity index (χ0v) is 20.0. The van der Waals surface area contributed by atoms with Gasteiger partial charge in [-0.2, -0.15) is 0 Å². The van der Waals surface area contributed by atoms with Crippen molar-refractivity contribution in [1.29, 1.82) is 0 Å². The molecule has 4 aliphatic rings. The van der Waals surface area contributed by atoms with E-state index in [0.717, 1.165) is 51.4 Å². The second-order valence-electron chi connectivity index (χ2n) is 10.2. The third-order valence-corrected chi connectivity index (χ3v) is 8.27. The quantitative estimate of drug-likeness (QED) is 0.442. The molecule has 0 heterocycles. The second-order valence-corrected chi connectivity index (χ2v) is 10.2. The number of rotatable bonds is 3. The molecule has 9 nitrogen and oxygen atoms in total. The van der Waals surface area contributed by atoms with Crippen LogP contribution >= 0.6 is 0 Å². The van der Waals surface area contributed by atoms with E-state index in [1.165, 1.54) is 0 Å². The van der Waals surface area contributed by atoms with E-state index in [2.05, 4.69) is 6.92 Å². The summed E-state index contributed by atoms with van der Waals surface area (Å²) in [5.74, 6) is -1.91. The molecule has 3 saturated carbocycles. The van der Waals surface area contributed by atoms with Crippen molar-refractivity contribution in [3.63, 3.8) is 0 Å². The van der Waals surface area contributed by atoms with Crippen molar-refractivity contribution in [2.45, 2.75) is 71.8 Å². The van der Waals surface area contributed by atoms with E-state index in [1.54, 1.807) is 6.08 Å². The number of aliphatic hydroxyl groups excluding tert-OH is 2. The highest BCUT2D eigenvalue weighted by Crippen LogP contribution is 2.66. The van der Waals surface area contributed by atoms with Crippen LogP contribution in [0.1, 0.15) is 65.7 Å². The molecule has 0 radical (unpaired) electrons. The smallest absolute Gasteiger partial charge is 0.300 e. The van der Waals surface area contributed by atoms with Crippen molar-refractivity contribution < 1.29 is 44.4 Å². The van der Waals surface area contributed by atoms with Crippen LogP contribution < -0.4 is 0 Å². The van der Waals surface area contributed by atoms with Gasteiger partial charge in [-0.05, 0) is 67.8 Å². The van der Waals surface area contributed by atoms with E-state index in [0.29, 0.717) is 19.3 Å². The molecule has 7 atom stereocenters. The van der Waals surface area contributed by atoms with E-state index in [9.17, 15) is 24.6 Å². The second kappa shape index (κ2) is 10.9. The molecule has 0 amide bonds. The molecule has 4 aliphatic carbocycles. The highest BCUT2D eigenvalue weighted by Gasteiger charge is 2.64. The molecule has 0 aromatic rings. The first kappa shape index (κ1) is 27.9. The first-order chi connectivity index (χ1) is 15.8. The molecule has 0 aromatic heterocycles. The Labute approximate surface area is 199 Å². The van der Waals surface area contributed by atoms with Crippen molar-refractivity contribution in [2.24, 2.45) is 34.5 Å². The molecule has 34 heavy (non-hydrogen) atoms. The van der Waals surface area contributed by atoms with Crippen LogP contribution in [0.2, 0.25) is 0 Å². The fourth-order valence-corrected chi connectivity index (χ4v) is 7.18. The lowest BCUT2D eigenvalue weighted by Crippen LogP contribution is -2.58. The van der Waals surface area contributed by atoms with Crippen molar-refractivity contribution >= 4 is 29.8 Å². The fourth-order valence-electron chi connectivity index (χ4n) is 7.18. The number of aldehydes is 1. The number of aliphatic carboxylic acids is 2. The van der Waals surface area contributed by atoms with Gasteiger partial charge in [-0.15, -0.1) is 0 Å². The van der Waals surface area contributed by atoms with Gasteiger partial charge in [-0.3, -0.25) is 19.2 Å². The summed E-state index contributed by atoms with van der Waals surface area (Å²) in [7, 11) is 0. The lowest BCUT2D eigenvalue weighted by molar-refractivity contribution is -0.157. The molecule has 190 valence electrons. The zero-order valence-electron chi connectivity index (χ0n) is 20.0. The number of Topliss-reactive ketones (excluding diaryl/α,β-unsaturated/α-hetero) is 1. The maximum Gasteiger partial charge on any atom is 0.300 e. The Balaban J connectivity index is 0.000000446. The minimum atomic E-state index is -0.833. The highest BCUT2D eigenvalue weighted by atomic mass is 16.4. The topological polar surface area (TPSA) is 166 Å². The number of carbonyl (C=O) groups is 5. The Morgan fingerprint density at radius 3 is 2.21 bits per heavy atom. The van der Waals surface area contributed by atoms with Crippen LogP contribution in [0.4, 0.5) is 0 Å². The molecule has 0 unspecified atom stereocenters. The summed E-state index contributed by atoms with van der Waals surface area (Å²) in [6, 6.07) is 0. The van der Waals surface area contributed by atoms with Crippen LogP contribution in [0.15, 0.2) is 11.6 Å². The Bertz CT molecular complexity index is 842. The van der Waals surface area contributed by atoms with Crippen molar-refractivity contribution in [3.05, 3.63) is 11.6 Å². The first-order valence-electron chi connectivity index (χ1n) is 11.7. The van der Waals surface area contributed by atoms with E-state index < -0.39 is 36.0 Å². The zero-order chi connectivity index (χ0) is 25.8. The molecule has 0 spiro atoms. The third kappa shape index (κ3) is 5.30. The van der Waals surface area contributed by atoms with Crippen LogP contribution in [-0.4, -0.2) is 62.9 Å². The minimum absolute atomic E-state index is 0.0386. The number of carbonyl (C=O) groups excluding carboxylic acids is 3. The van der Waals surface area contributed by atoms with Gasteiger partial charge >= 0.3 is 0 Å². The first-order valence-corrected chi connectivity index (χ1v) is 11.7. The normalized spacial score (nSPS) is 37.7. The van der Waals surface area contributed by atoms with E-state index >= 15 is 0 Å². The molecule has 4 N–H and O–H groups in total. The van der Waals surface area contributed by atoms with Crippen LogP contribution in [0.3, 0.4) is 0 Å². The fraction of sp³-hybridized carbons (Fsp3) is 0.720. The predicted molar refractivity (Wildman–Crippen MR) is 121 cm³/mol. The maximum absolute atomic E-state index is 12.3. The number of aliphatic hydroxyl groups is 2. The summed E-state index contributed by atoms with van der Waals surface area (Å²) in [5, 5.41) is 35.3. The predicted octanol–water partition coefficient (Wildman–Crippen LogP) is 2.03. The average Bonchev–Trinajstić information content (AvgIpc) is 3.12. The molecule has 9 heteroatoms. The molecule has 4 rings (SSSR count). The number of fused-ring (bicyclic) bond motifs is 5. The monoisotopic (exact) mass is 480 g/mol. The minimum Gasteiger partial charge on any atom is -0.481 e. The molecular weight excluding hydrogens is 444 g/mol. The number of carboxylic acid groups (broad SMARTS) is 2. The lowest BCUT2D eigenvalue weighted by Gasteiger charge is -2.59. The van der Waals surface area contributed by atoms with Crippen LogP contribution in [0.5, 0.6) is 0 Å². The molecule has 0 aliphatic heterocycles. The van der Waals surface area contributed by atoms with Gasteiger partial charge in [-0.25, -0.2) is 0 Å². The van der Waals surface area contributed by atoms with Gasteiger partial charge in [0, 0.05) is 31.6 Å². The third-order valence-electron chi connectivity index (χ3n) is 8.27. The van der Waals surface area contributed by atoms with E-state index in [1.807, 2.05) is 0 Å². The Morgan fingerprint density at radius 1 is 1.09 bits per heavy atom. The van der Waals surface area contributed by atoms with Crippen molar-refractivity contribution in [3.8, 4) is 0 Å². The number of hydrogen-bond donors (Lipinski definition) is 4. The Morgan fingerprint density at radius 2 is 1.68 bits per heavy atom. The number of ketones is 2. The summed E-state index contributed by atoms with van der Waals surface area (Å²) in [4.78, 5) is 54.4. The Kier molecular flexibility index (Phi) is 8.93. The van der Waals surface area contributed by atoms with Crippen LogP contribution in [-0.2, 0) is 24.0 Å². The van der Waals surface area contributed by atoms with Gasteiger partial charge < -0.3 is 25.2 Å². The van der Waals surface area contributed by atoms with Gasteiger partial charge in [0.2, 0.25) is 0 Å². The molecule has 0 bridgehead atoms. The van der Waals surface area contributed by atoms with Crippen LogP contribution in [0.25, 0.3) is 0 Å². The summed E-state index contributed by atoms with van der Waals surface area (Å²) in [5.41, 5.74) is 0.140. The summed E-state index contributed by atoms with van der Waals surface area (Å²) >= 11 is 0. The summed E-state index contributed by atoms with van der Waals surface area (Å²) in [6.07, 6.45) is 6.75. The maximum atomic E-state index is 12.3. The number of carboxylic acids is 2. The van der Waals surface area contributed by atoms with Gasteiger partial charge in [0.15, 0.2) is 11.6 Å².